The van der Waals surface area contributed by atoms with Crippen LogP contribution in [0.5, 0.6) is 0 Å². The molecule has 1 aromatic heterocycles. The van der Waals surface area contributed by atoms with E-state index >= 15 is 0 Å². The summed E-state index contributed by atoms with van der Waals surface area (Å²) in [5.41, 5.74) is 2.21. The SMILES string of the molecule is Cc1nc2ccc(CNC(C)(C)C#N)cc2o1. The van der Waals surface area contributed by atoms with Gasteiger partial charge in [0.25, 0.3) is 0 Å². The monoisotopic (exact) mass is 229 g/mol. The van der Waals surface area contributed by atoms with Gasteiger partial charge in [-0.1, -0.05) is 6.07 Å². The molecule has 0 saturated heterocycles. The number of nitrogens with one attached hydrogen (secondary N) is 1. The molecule has 0 saturated carbocycles. The second-order valence-corrected chi connectivity index (χ2v) is 4.63. The molecular weight excluding hydrogens is 214 g/mol. The van der Waals surface area contributed by atoms with Crippen LogP contribution in [0.2, 0.25) is 0 Å². The molecule has 0 aliphatic rings. The molecule has 0 radical (unpaired) electrons. The van der Waals surface area contributed by atoms with Crippen LogP contribution in [0.1, 0.15) is 25.3 Å². The number of hydrogen-bond donors (Lipinski definition) is 1. The van der Waals surface area contributed by atoms with Crippen LogP contribution in [0.15, 0.2) is 22.6 Å². The number of fused-ring (bicyclic) bond motifs is 1. The molecule has 0 unspecified atom stereocenters. The molecule has 0 bridgehead atoms. The third kappa shape index (κ3) is 2.63. The molecule has 88 valence electrons. The number of hydrogen-bond acceptors (Lipinski definition) is 4. The number of rotatable bonds is 3. The normalized spacial score (nSPS) is 11.6. The average molecular weight is 229 g/mol. The van der Waals surface area contributed by atoms with E-state index in [0.717, 1.165) is 16.7 Å². The molecule has 1 heterocycles. The lowest BCUT2D eigenvalue weighted by molar-refractivity contribution is 0.485. The van der Waals surface area contributed by atoms with Crippen molar-refractivity contribution in [3.63, 3.8) is 0 Å². The van der Waals surface area contributed by atoms with E-state index in [0.29, 0.717) is 12.4 Å². The van der Waals surface area contributed by atoms with Crippen LogP contribution < -0.4 is 5.32 Å². The number of aromatic nitrogens is 1. The Morgan fingerprint density at radius 1 is 1.47 bits per heavy atom. The fraction of sp³-hybridized carbons (Fsp3) is 0.385. The van der Waals surface area contributed by atoms with E-state index in [1.165, 1.54) is 0 Å². The van der Waals surface area contributed by atoms with Crippen molar-refractivity contribution in [2.75, 3.05) is 0 Å². The predicted molar refractivity (Wildman–Crippen MR) is 65.3 cm³/mol. The van der Waals surface area contributed by atoms with Crippen molar-refractivity contribution in [1.29, 1.82) is 5.26 Å². The minimum absolute atomic E-state index is 0.522. The fourth-order valence-electron chi connectivity index (χ4n) is 1.56. The van der Waals surface area contributed by atoms with E-state index in [2.05, 4.69) is 16.4 Å². The van der Waals surface area contributed by atoms with Gasteiger partial charge in [0.05, 0.1) is 6.07 Å². The topological polar surface area (TPSA) is 61.9 Å². The number of aryl methyl sites for hydroxylation is 1. The second-order valence-electron chi connectivity index (χ2n) is 4.63. The molecule has 0 spiro atoms. The quantitative estimate of drug-likeness (QED) is 0.878. The van der Waals surface area contributed by atoms with Crippen LogP contribution in [0.4, 0.5) is 0 Å². The van der Waals surface area contributed by atoms with E-state index in [1.807, 2.05) is 39.0 Å². The Labute approximate surface area is 100 Å². The molecule has 0 aliphatic heterocycles. The number of nitrogens with zero attached hydrogens (tertiary/aromatic N) is 2. The molecule has 1 N–H and O–H groups in total. The Bertz CT molecular complexity index is 578. The Hall–Kier alpha value is -1.86. The van der Waals surface area contributed by atoms with Crippen molar-refractivity contribution in [3.05, 3.63) is 29.7 Å². The molecule has 0 atom stereocenters. The maximum atomic E-state index is 8.91. The van der Waals surface area contributed by atoms with E-state index in [9.17, 15) is 0 Å². The molecule has 0 fully saturated rings. The Balaban J connectivity index is 2.17. The van der Waals surface area contributed by atoms with Gasteiger partial charge in [-0.3, -0.25) is 5.32 Å². The van der Waals surface area contributed by atoms with Crippen molar-refractivity contribution in [2.24, 2.45) is 0 Å². The van der Waals surface area contributed by atoms with Gasteiger partial charge in [-0.05, 0) is 31.5 Å². The van der Waals surface area contributed by atoms with Crippen molar-refractivity contribution in [2.45, 2.75) is 32.9 Å². The van der Waals surface area contributed by atoms with Crippen molar-refractivity contribution in [3.8, 4) is 6.07 Å². The van der Waals surface area contributed by atoms with E-state index in [-0.39, 0.29) is 0 Å². The Morgan fingerprint density at radius 3 is 2.94 bits per heavy atom. The number of benzene rings is 1. The van der Waals surface area contributed by atoms with Crippen LogP contribution >= 0.6 is 0 Å². The largest absolute Gasteiger partial charge is 0.441 e. The second kappa shape index (κ2) is 4.19. The van der Waals surface area contributed by atoms with Crippen LogP contribution in [0, 0.1) is 18.3 Å². The molecule has 4 nitrogen and oxygen atoms in total. The lowest BCUT2D eigenvalue weighted by Crippen LogP contribution is -2.36. The van der Waals surface area contributed by atoms with E-state index in [4.69, 9.17) is 9.68 Å². The highest BCUT2D eigenvalue weighted by Crippen LogP contribution is 2.17. The van der Waals surface area contributed by atoms with Gasteiger partial charge in [0.1, 0.15) is 11.1 Å². The van der Waals surface area contributed by atoms with Gasteiger partial charge in [-0.15, -0.1) is 0 Å². The maximum Gasteiger partial charge on any atom is 0.192 e. The van der Waals surface area contributed by atoms with Gasteiger partial charge >= 0.3 is 0 Å². The molecule has 0 aliphatic carbocycles. The zero-order chi connectivity index (χ0) is 12.5. The van der Waals surface area contributed by atoms with Gasteiger partial charge in [0.2, 0.25) is 0 Å². The highest BCUT2D eigenvalue weighted by molar-refractivity contribution is 5.73. The van der Waals surface area contributed by atoms with Crippen LogP contribution in [0.25, 0.3) is 11.1 Å². The third-order valence-corrected chi connectivity index (χ3v) is 2.57. The standard InChI is InChI=1S/C13H15N3O/c1-9-16-11-5-4-10(6-12(11)17-9)7-15-13(2,3)8-14/h4-6,15H,7H2,1-3H3. The van der Waals surface area contributed by atoms with Gasteiger partial charge < -0.3 is 4.42 Å². The molecule has 17 heavy (non-hydrogen) atoms. The van der Waals surface area contributed by atoms with Gasteiger partial charge in [-0.25, -0.2) is 4.98 Å². The molecule has 1 aromatic carbocycles. The first-order valence-electron chi connectivity index (χ1n) is 5.52. The molecule has 2 rings (SSSR count). The molecule has 2 aromatic rings. The minimum Gasteiger partial charge on any atom is -0.441 e. The summed E-state index contributed by atoms with van der Waals surface area (Å²) < 4.78 is 5.46. The Morgan fingerprint density at radius 2 is 2.24 bits per heavy atom. The highest BCUT2D eigenvalue weighted by Gasteiger charge is 2.15. The maximum absolute atomic E-state index is 8.91. The smallest absolute Gasteiger partial charge is 0.192 e. The van der Waals surface area contributed by atoms with E-state index in [1.54, 1.807) is 0 Å². The molecule has 0 amide bonds. The van der Waals surface area contributed by atoms with Crippen LogP contribution in [-0.2, 0) is 6.54 Å². The summed E-state index contributed by atoms with van der Waals surface area (Å²) in [6.45, 7) is 6.17. The summed E-state index contributed by atoms with van der Waals surface area (Å²) >= 11 is 0. The highest BCUT2D eigenvalue weighted by atomic mass is 16.3. The fourth-order valence-corrected chi connectivity index (χ4v) is 1.56. The predicted octanol–water partition coefficient (Wildman–Crippen LogP) is 2.53. The van der Waals surface area contributed by atoms with Crippen molar-refractivity contribution in [1.82, 2.24) is 10.3 Å². The Kier molecular flexibility index (Phi) is 2.86. The zero-order valence-corrected chi connectivity index (χ0v) is 10.2. The third-order valence-electron chi connectivity index (χ3n) is 2.57. The van der Waals surface area contributed by atoms with Crippen molar-refractivity contribution >= 4 is 11.1 Å². The van der Waals surface area contributed by atoms with Crippen LogP contribution in [0.3, 0.4) is 0 Å². The first kappa shape index (κ1) is 11.6. The number of oxazole rings is 1. The minimum atomic E-state index is -0.522. The average Bonchev–Trinajstić information content (AvgIpc) is 2.66. The summed E-state index contributed by atoms with van der Waals surface area (Å²) in [7, 11) is 0. The lowest BCUT2D eigenvalue weighted by Gasteiger charge is -2.17. The summed E-state index contributed by atoms with van der Waals surface area (Å²) in [5, 5.41) is 12.1. The van der Waals surface area contributed by atoms with Crippen LogP contribution in [-0.4, -0.2) is 10.5 Å². The molecular formula is C13H15N3O. The summed E-state index contributed by atoms with van der Waals surface area (Å²) in [6, 6.07) is 8.08. The zero-order valence-electron chi connectivity index (χ0n) is 10.2. The van der Waals surface area contributed by atoms with E-state index < -0.39 is 5.54 Å². The summed E-state index contributed by atoms with van der Waals surface area (Å²) in [4.78, 5) is 4.24. The molecule has 4 heteroatoms. The summed E-state index contributed by atoms with van der Waals surface area (Å²) in [6.07, 6.45) is 0. The lowest BCUT2D eigenvalue weighted by atomic mass is 10.1. The van der Waals surface area contributed by atoms with Crippen molar-refractivity contribution < 1.29 is 4.42 Å². The van der Waals surface area contributed by atoms with Gasteiger partial charge in [0.15, 0.2) is 11.5 Å². The first-order valence-corrected chi connectivity index (χ1v) is 5.52. The summed E-state index contributed by atoms with van der Waals surface area (Å²) in [5.74, 6) is 0.669. The van der Waals surface area contributed by atoms with Gasteiger partial charge in [0, 0.05) is 13.5 Å². The number of nitriles is 1. The first-order chi connectivity index (χ1) is 8.00. The van der Waals surface area contributed by atoms with Gasteiger partial charge in [-0.2, -0.15) is 5.26 Å².